The van der Waals surface area contributed by atoms with Crippen molar-refractivity contribution in [2.24, 2.45) is 28.9 Å². The minimum absolute atomic E-state index is 0.222. The van der Waals surface area contributed by atoms with Crippen LogP contribution in [-0.2, 0) is 4.79 Å². The lowest BCUT2D eigenvalue weighted by molar-refractivity contribution is -0.121. The van der Waals surface area contributed by atoms with Gasteiger partial charge in [0.25, 0.3) is 0 Å². The zero-order valence-corrected chi connectivity index (χ0v) is 14.6. The summed E-state index contributed by atoms with van der Waals surface area (Å²) in [6.45, 7) is 10.6. The number of amides is 1. The second kappa shape index (κ2) is 8.77. The van der Waals surface area contributed by atoms with Crippen molar-refractivity contribution < 1.29 is 4.79 Å². The molecule has 0 aromatic carbocycles. The SMILES string of the molecule is CC1CCCC(CNC(=O)CCC(CCN)C(C)(C)C)C1. The molecular formula is C18H36N2O. The summed E-state index contributed by atoms with van der Waals surface area (Å²) in [5.74, 6) is 2.28. The largest absolute Gasteiger partial charge is 0.356 e. The van der Waals surface area contributed by atoms with E-state index in [0.717, 1.165) is 25.3 Å². The molecular weight excluding hydrogens is 260 g/mol. The number of hydrogen-bond acceptors (Lipinski definition) is 2. The summed E-state index contributed by atoms with van der Waals surface area (Å²) < 4.78 is 0. The predicted molar refractivity (Wildman–Crippen MR) is 90.0 cm³/mol. The molecule has 0 bridgehead atoms. The van der Waals surface area contributed by atoms with Crippen molar-refractivity contribution in [3.05, 3.63) is 0 Å². The highest BCUT2D eigenvalue weighted by molar-refractivity contribution is 5.75. The molecule has 3 N–H and O–H groups in total. The van der Waals surface area contributed by atoms with Gasteiger partial charge in [-0.05, 0) is 55.4 Å². The van der Waals surface area contributed by atoms with Crippen molar-refractivity contribution in [3.63, 3.8) is 0 Å². The lowest BCUT2D eigenvalue weighted by atomic mass is 9.76. The highest BCUT2D eigenvalue weighted by Gasteiger charge is 2.24. The second-order valence-electron chi connectivity index (χ2n) is 8.12. The summed E-state index contributed by atoms with van der Waals surface area (Å²) >= 11 is 0. The van der Waals surface area contributed by atoms with Gasteiger partial charge in [0.05, 0.1) is 0 Å². The summed E-state index contributed by atoms with van der Waals surface area (Å²) in [7, 11) is 0. The molecule has 0 heterocycles. The molecule has 0 aromatic rings. The molecule has 21 heavy (non-hydrogen) atoms. The molecule has 0 saturated heterocycles. The number of nitrogens with two attached hydrogens (primary N) is 1. The van der Waals surface area contributed by atoms with Crippen molar-refractivity contribution in [1.82, 2.24) is 5.32 Å². The summed E-state index contributed by atoms with van der Waals surface area (Å²) in [6, 6.07) is 0. The van der Waals surface area contributed by atoms with Gasteiger partial charge in [0.15, 0.2) is 0 Å². The van der Waals surface area contributed by atoms with Crippen LogP contribution in [0.15, 0.2) is 0 Å². The van der Waals surface area contributed by atoms with Gasteiger partial charge in [-0.15, -0.1) is 0 Å². The minimum Gasteiger partial charge on any atom is -0.356 e. The molecule has 0 spiro atoms. The van der Waals surface area contributed by atoms with Crippen LogP contribution in [0.25, 0.3) is 0 Å². The van der Waals surface area contributed by atoms with Crippen LogP contribution in [0.5, 0.6) is 0 Å². The number of hydrogen-bond donors (Lipinski definition) is 2. The predicted octanol–water partition coefficient (Wildman–Crippen LogP) is 3.72. The molecule has 1 aliphatic carbocycles. The van der Waals surface area contributed by atoms with Gasteiger partial charge in [0.2, 0.25) is 5.91 Å². The van der Waals surface area contributed by atoms with E-state index in [2.05, 4.69) is 33.0 Å². The first-order valence-corrected chi connectivity index (χ1v) is 8.79. The molecule has 3 atom stereocenters. The van der Waals surface area contributed by atoms with E-state index in [9.17, 15) is 4.79 Å². The highest BCUT2D eigenvalue weighted by Crippen LogP contribution is 2.32. The molecule has 1 amide bonds. The fraction of sp³-hybridized carbons (Fsp3) is 0.944. The van der Waals surface area contributed by atoms with E-state index in [4.69, 9.17) is 5.73 Å². The maximum Gasteiger partial charge on any atom is 0.220 e. The monoisotopic (exact) mass is 296 g/mol. The van der Waals surface area contributed by atoms with Crippen molar-refractivity contribution >= 4 is 5.91 Å². The van der Waals surface area contributed by atoms with Crippen LogP contribution >= 0.6 is 0 Å². The first-order valence-electron chi connectivity index (χ1n) is 8.79. The Morgan fingerprint density at radius 2 is 2.00 bits per heavy atom. The fourth-order valence-electron chi connectivity index (χ4n) is 3.61. The highest BCUT2D eigenvalue weighted by atomic mass is 16.1. The van der Waals surface area contributed by atoms with Gasteiger partial charge in [-0.3, -0.25) is 4.79 Å². The lowest BCUT2D eigenvalue weighted by Gasteiger charge is -2.30. The summed E-state index contributed by atoms with van der Waals surface area (Å²) in [5.41, 5.74) is 5.94. The fourth-order valence-corrected chi connectivity index (χ4v) is 3.61. The maximum absolute atomic E-state index is 12.1. The Hall–Kier alpha value is -0.570. The third-order valence-electron chi connectivity index (χ3n) is 5.09. The average molecular weight is 296 g/mol. The van der Waals surface area contributed by atoms with Gasteiger partial charge in [-0.2, -0.15) is 0 Å². The molecule has 3 nitrogen and oxygen atoms in total. The van der Waals surface area contributed by atoms with E-state index in [0.29, 0.717) is 24.8 Å². The molecule has 0 radical (unpaired) electrons. The molecule has 1 rings (SSSR count). The van der Waals surface area contributed by atoms with Crippen LogP contribution in [0, 0.1) is 23.2 Å². The van der Waals surface area contributed by atoms with Crippen molar-refractivity contribution in [2.45, 2.75) is 72.6 Å². The molecule has 3 unspecified atom stereocenters. The maximum atomic E-state index is 12.1. The summed E-state index contributed by atoms with van der Waals surface area (Å²) in [6.07, 6.45) is 7.84. The Kier molecular flexibility index (Phi) is 7.72. The molecule has 1 aliphatic rings. The van der Waals surface area contributed by atoms with Crippen LogP contribution < -0.4 is 11.1 Å². The Morgan fingerprint density at radius 1 is 1.29 bits per heavy atom. The van der Waals surface area contributed by atoms with Crippen LogP contribution in [0.2, 0.25) is 0 Å². The van der Waals surface area contributed by atoms with Gasteiger partial charge in [-0.1, -0.05) is 40.5 Å². The second-order valence-corrected chi connectivity index (χ2v) is 8.12. The molecule has 0 aliphatic heterocycles. The Morgan fingerprint density at radius 3 is 2.57 bits per heavy atom. The number of nitrogens with one attached hydrogen (secondary N) is 1. The van der Waals surface area contributed by atoms with E-state index in [1.165, 1.54) is 25.7 Å². The van der Waals surface area contributed by atoms with Crippen molar-refractivity contribution in [2.75, 3.05) is 13.1 Å². The first kappa shape index (κ1) is 18.5. The van der Waals surface area contributed by atoms with E-state index >= 15 is 0 Å². The van der Waals surface area contributed by atoms with Crippen molar-refractivity contribution in [1.29, 1.82) is 0 Å². The summed E-state index contributed by atoms with van der Waals surface area (Å²) in [5, 5.41) is 3.15. The molecule has 3 heteroatoms. The third-order valence-corrected chi connectivity index (χ3v) is 5.09. The first-order chi connectivity index (χ1) is 9.82. The third kappa shape index (κ3) is 7.30. The average Bonchev–Trinajstić information content (AvgIpc) is 2.40. The zero-order chi connectivity index (χ0) is 15.9. The topological polar surface area (TPSA) is 55.1 Å². The van der Waals surface area contributed by atoms with E-state index in [-0.39, 0.29) is 11.3 Å². The van der Waals surface area contributed by atoms with E-state index in [1.54, 1.807) is 0 Å². The van der Waals surface area contributed by atoms with Crippen LogP contribution in [-0.4, -0.2) is 19.0 Å². The minimum atomic E-state index is 0.222. The molecule has 0 aromatic heterocycles. The summed E-state index contributed by atoms with van der Waals surface area (Å²) in [4.78, 5) is 12.1. The Balaban J connectivity index is 2.26. The molecule has 124 valence electrons. The molecule has 1 fully saturated rings. The Bertz CT molecular complexity index is 309. The van der Waals surface area contributed by atoms with Gasteiger partial charge < -0.3 is 11.1 Å². The van der Waals surface area contributed by atoms with Crippen LogP contribution in [0.4, 0.5) is 0 Å². The standard InChI is InChI=1S/C18H36N2O/c1-14-6-5-7-15(12-14)13-20-17(21)9-8-16(10-11-19)18(2,3)4/h14-16H,5-13,19H2,1-4H3,(H,20,21). The lowest BCUT2D eigenvalue weighted by Crippen LogP contribution is -2.32. The Labute approximate surface area is 131 Å². The quantitative estimate of drug-likeness (QED) is 0.752. The van der Waals surface area contributed by atoms with Gasteiger partial charge in [-0.25, -0.2) is 0 Å². The van der Waals surface area contributed by atoms with Gasteiger partial charge in [0, 0.05) is 13.0 Å². The van der Waals surface area contributed by atoms with E-state index < -0.39 is 0 Å². The van der Waals surface area contributed by atoms with Gasteiger partial charge >= 0.3 is 0 Å². The van der Waals surface area contributed by atoms with E-state index in [1.807, 2.05) is 0 Å². The molecule has 1 saturated carbocycles. The van der Waals surface area contributed by atoms with Crippen molar-refractivity contribution in [3.8, 4) is 0 Å². The smallest absolute Gasteiger partial charge is 0.220 e. The van der Waals surface area contributed by atoms with Crippen LogP contribution in [0.1, 0.15) is 72.6 Å². The normalized spacial score (nSPS) is 24.6. The zero-order valence-electron chi connectivity index (χ0n) is 14.6. The number of rotatable bonds is 7. The van der Waals surface area contributed by atoms with Gasteiger partial charge in [0.1, 0.15) is 0 Å². The van der Waals surface area contributed by atoms with Crippen LogP contribution in [0.3, 0.4) is 0 Å². The number of carbonyl (C=O) groups is 1. The number of carbonyl (C=O) groups excluding carboxylic acids is 1.